The molecule has 7 nitrogen and oxygen atoms in total. The fourth-order valence-corrected chi connectivity index (χ4v) is 3.84. The second-order valence-corrected chi connectivity index (χ2v) is 7.48. The zero-order valence-corrected chi connectivity index (χ0v) is 17.9. The number of amidine groups is 1. The number of fused-ring (bicyclic) bond motifs is 1. The van der Waals surface area contributed by atoms with Crippen molar-refractivity contribution in [1.29, 1.82) is 5.41 Å². The summed E-state index contributed by atoms with van der Waals surface area (Å²) in [6, 6.07) is 18.7. The summed E-state index contributed by atoms with van der Waals surface area (Å²) in [6.45, 7) is 4.04. The number of hydrogen-bond donors (Lipinski definition) is 4. The molecule has 0 bridgehead atoms. The van der Waals surface area contributed by atoms with Crippen LogP contribution in [0.4, 0.5) is 0 Å². The molecule has 3 aromatic carbocycles. The Hall–Kier alpha value is -3.97. The lowest BCUT2D eigenvalue weighted by Gasteiger charge is -2.15. The van der Waals surface area contributed by atoms with Crippen molar-refractivity contribution in [3.05, 3.63) is 88.7 Å². The van der Waals surface area contributed by atoms with Crippen LogP contribution in [0.25, 0.3) is 22.2 Å². The molecule has 1 heterocycles. The first-order chi connectivity index (χ1) is 15.5. The van der Waals surface area contributed by atoms with E-state index in [0.717, 1.165) is 40.0 Å². The van der Waals surface area contributed by atoms with Crippen LogP contribution in [0, 0.1) is 12.3 Å². The second-order valence-electron chi connectivity index (χ2n) is 7.48. The molecule has 7 heteroatoms. The molecule has 0 unspecified atom stereocenters. The number of imidazole rings is 1. The van der Waals surface area contributed by atoms with Gasteiger partial charge in [-0.25, -0.2) is 9.78 Å². The van der Waals surface area contributed by atoms with E-state index >= 15 is 0 Å². The summed E-state index contributed by atoms with van der Waals surface area (Å²) in [6.07, 6.45) is 0.762. The lowest BCUT2D eigenvalue weighted by Crippen LogP contribution is -2.19. The van der Waals surface area contributed by atoms with Gasteiger partial charge in [0, 0.05) is 5.56 Å². The van der Waals surface area contributed by atoms with Crippen molar-refractivity contribution >= 4 is 22.8 Å². The Balaban J connectivity index is 1.58. The minimum Gasteiger partial charge on any atom is -0.457 e. The summed E-state index contributed by atoms with van der Waals surface area (Å²) in [7, 11) is 0. The van der Waals surface area contributed by atoms with Crippen LogP contribution in [-0.4, -0.2) is 27.0 Å². The number of nitrogens with zero attached hydrogens (tertiary/aromatic N) is 1. The van der Waals surface area contributed by atoms with E-state index in [-0.39, 0.29) is 12.4 Å². The molecule has 0 radical (unpaired) electrons. The Labute approximate surface area is 185 Å². The number of H-pyrrole nitrogens is 1. The highest BCUT2D eigenvalue weighted by Gasteiger charge is 2.16. The molecule has 0 spiro atoms. The molecule has 32 heavy (non-hydrogen) atoms. The SMILES string of the molecule is CCc1cc(COC(=O)c2cccc3nc(C)[nH]c23)ccc1-c1ccccc1C(=N)NO. The van der Waals surface area contributed by atoms with Gasteiger partial charge in [0.2, 0.25) is 0 Å². The van der Waals surface area contributed by atoms with E-state index in [1.165, 1.54) is 0 Å². The summed E-state index contributed by atoms with van der Waals surface area (Å²) in [5, 5.41) is 17.2. The van der Waals surface area contributed by atoms with Gasteiger partial charge in [0.1, 0.15) is 18.3 Å². The molecule has 0 amide bonds. The predicted molar refractivity (Wildman–Crippen MR) is 123 cm³/mol. The van der Waals surface area contributed by atoms with E-state index in [2.05, 4.69) is 9.97 Å². The van der Waals surface area contributed by atoms with Crippen LogP contribution in [0.2, 0.25) is 0 Å². The van der Waals surface area contributed by atoms with Gasteiger partial charge < -0.3 is 9.72 Å². The summed E-state index contributed by atoms with van der Waals surface area (Å²) < 4.78 is 5.59. The Bertz CT molecular complexity index is 1310. The third kappa shape index (κ3) is 4.10. The van der Waals surface area contributed by atoms with Gasteiger partial charge in [-0.3, -0.25) is 16.1 Å². The summed E-state index contributed by atoms with van der Waals surface area (Å²) >= 11 is 0. The van der Waals surface area contributed by atoms with Gasteiger partial charge in [0.25, 0.3) is 0 Å². The standard InChI is InChI=1S/C25H24N4O3/c1-3-17-13-16(11-12-18(17)19-7-4-5-8-20(19)24(26)29-31)14-32-25(30)21-9-6-10-22-23(21)28-15(2)27-22/h4-13,31H,3,14H2,1-2H3,(H2,26,29)(H,27,28). The number of esters is 1. The van der Waals surface area contributed by atoms with Crippen molar-refractivity contribution < 1.29 is 14.7 Å². The molecule has 0 aliphatic heterocycles. The highest BCUT2D eigenvalue weighted by Crippen LogP contribution is 2.29. The number of rotatable bonds is 6. The number of ether oxygens (including phenoxy) is 1. The second kappa shape index (κ2) is 9.03. The average molecular weight is 428 g/mol. The van der Waals surface area contributed by atoms with E-state index in [1.807, 2.05) is 61.8 Å². The van der Waals surface area contributed by atoms with Crippen molar-refractivity contribution in [2.75, 3.05) is 0 Å². The smallest absolute Gasteiger partial charge is 0.340 e. The van der Waals surface area contributed by atoms with Crippen molar-refractivity contribution in [2.24, 2.45) is 0 Å². The first-order valence-electron chi connectivity index (χ1n) is 10.3. The summed E-state index contributed by atoms with van der Waals surface area (Å²) in [5.74, 6) is 0.270. The number of carbonyl (C=O) groups is 1. The van der Waals surface area contributed by atoms with Crippen LogP contribution in [-0.2, 0) is 17.8 Å². The molecule has 1 aromatic heterocycles. The van der Waals surface area contributed by atoms with E-state index in [4.69, 9.17) is 10.1 Å². The maximum absolute atomic E-state index is 12.7. The number of nitrogens with one attached hydrogen (secondary N) is 3. The predicted octanol–water partition coefficient (Wildman–Crippen LogP) is 4.76. The first-order valence-corrected chi connectivity index (χ1v) is 10.3. The number of carbonyl (C=O) groups excluding carboxylic acids is 1. The maximum atomic E-state index is 12.7. The van der Waals surface area contributed by atoms with Crippen molar-refractivity contribution in [3.63, 3.8) is 0 Å². The quantitative estimate of drug-likeness (QED) is 0.153. The lowest BCUT2D eigenvalue weighted by atomic mass is 9.92. The number of aromatic amines is 1. The Morgan fingerprint density at radius 2 is 1.88 bits per heavy atom. The fourth-order valence-electron chi connectivity index (χ4n) is 3.84. The van der Waals surface area contributed by atoms with Crippen LogP contribution >= 0.6 is 0 Å². The first kappa shape index (κ1) is 21.3. The van der Waals surface area contributed by atoms with E-state index in [1.54, 1.807) is 18.2 Å². The highest BCUT2D eigenvalue weighted by atomic mass is 16.5. The summed E-state index contributed by atoms with van der Waals surface area (Å²) in [4.78, 5) is 20.2. The summed E-state index contributed by atoms with van der Waals surface area (Å²) in [5.41, 5.74) is 8.14. The van der Waals surface area contributed by atoms with Gasteiger partial charge in [0.15, 0.2) is 0 Å². The van der Waals surface area contributed by atoms with Gasteiger partial charge in [-0.1, -0.05) is 55.5 Å². The van der Waals surface area contributed by atoms with Crippen LogP contribution in [0.3, 0.4) is 0 Å². The number of para-hydroxylation sites is 1. The maximum Gasteiger partial charge on any atom is 0.340 e. The lowest BCUT2D eigenvalue weighted by molar-refractivity contribution is 0.0475. The molecule has 4 aromatic rings. The van der Waals surface area contributed by atoms with Crippen LogP contribution in [0.1, 0.15) is 39.8 Å². The van der Waals surface area contributed by atoms with Crippen molar-refractivity contribution in [1.82, 2.24) is 15.4 Å². The Morgan fingerprint density at radius 1 is 1.09 bits per heavy atom. The Morgan fingerprint density at radius 3 is 2.66 bits per heavy atom. The van der Waals surface area contributed by atoms with Gasteiger partial charge in [0.05, 0.1) is 16.6 Å². The molecule has 162 valence electrons. The van der Waals surface area contributed by atoms with E-state index < -0.39 is 5.97 Å². The van der Waals surface area contributed by atoms with Crippen LogP contribution in [0.15, 0.2) is 60.7 Å². The molecule has 4 rings (SSSR count). The zero-order valence-electron chi connectivity index (χ0n) is 17.9. The van der Waals surface area contributed by atoms with Crippen molar-refractivity contribution in [2.45, 2.75) is 26.9 Å². The molecule has 0 atom stereocenters. The molecule has 0 aliphatic rings. The normalized spacial score (nSPS) is 10.8. The number of hydroxylamine groups is 1. The third-order valence-electron chi connectivity index (χ3n) is 5.38. The molecular weight excluding hydrogens is 404 g/mol. The van der Waals surface area contributed by atoms with Gasteiger partial charge in [-0.2, -0.15) is 0 Å². The zero-order chi connectivity index (χ0) is 22.7. The number of aryl methyl sites for hydroxylation is 2. The third-order valence-corrected chi connectivity index (χ3v) is 5.38. The average Bonchev–Trinajstić information content (AvgIpc) is 3.22. The monoisotopic (exact) mass is 428 g/mol. The topological polar surface area (TPSA) is 111 Å². The molecule has 0 saturated carbocycles. The number of hydrogen-bond acceptors (Lipinski definition) is 5. The highest BCUT2D eigenvalue weighted by molar-refractivity contribution is 6.02. The van der Waals surface area contributed by atoms with Crippen LogP contribution in [0.5, 0.6) is 0 Å². The molecule has 0 aliphatic carbocycles. The largest absolute Gasteiger partial charge is 0.457 e. The fraction of sp³-hybridized carbons (Fsp3) is 0.160. The number of aromatic nitrogens is 2. The van der Waals surface area contributed by atoms with E-state index in [0.29, 0.717) is 16.6 Å². The number of benzene rings is 3. The van der Waals surface area contributed by atoms with Crippen LogP contribution < -0.4 is 5.48 Å². The minimum absolute atomic E-state index is 0.0659. The van der Waals surface area contributed by atoms with Gasteiger partial charge >= 0.3 is 5.97 Å². The molecule has 0 saturated heterocycles. The minimum atomic E-state index is -0.408. The molecule has 0 fully saturated rings. The Kier molecular flexibility index (Phi) is 6.00. The molecular formula is C25H24N4O3. The van der Waals surface area contributed by atoms with Gasteiger partial charge in [-0.05, 0) is 47.7 Å². The molecule has 4 N–H and O–H groups in total. The van der Waals surface area contributed by atoms with E-state index in [9.17, 15) is 10.0 Å². The van der Waals surface area contributed by atoms with Crippen molar-refractivity contribution in [3.8, 4) is 11.1 Å². The van der Waals surface area contributed by atoms with Gasteiger partial charge in [-0.15, -0.1) is 0 Å².